The number of aromatic hydroxyl groups is 1. The number of aryl methyl sites for hydroxylation is 1. The third-order valence-electron chi connectivity index (χ3n) is 6.53. The summed E-state index contributed by atoms with van der Waals surface area (Å²) < 4.78 is 0. The molecule has 2 heteroatoms. The summed E-state index contributed by atoms with van der Waals surface area (Å²) >= 11 is 0. The van der Waals surface area contributed by atoms with E-state index in [-0.39, 0.29) is 5.41 Å². The van der Waals surface area contributed by atoms with E-state index in [0.29, 0.717) is 35.7 Å². The Morgan fingerprint density at radius 1 is 1.30 bits per heavy atom. The molecule has 1 aromatic carbocycles. The molecule has 0 spiro atoms. The average Bonchev–Trinajstić information content (AvgIpc) is 2.52. The summed E-state index contributed by atoms with van der Waals surface area (Å²) in [6.07, 6.45) is 7.25. The predicted molar refractivity (Wildman–Crippen MR) is 93.7 cm³/mol. The van der Waals surface area contributed by atoms with Gasteiger partial charge in [-0.25, -0.2) is 0 Å². The van der Waals surface area contributed by atoms with Crippen molar-refractivity contribution in [3.05, 3.63) is 29.3 Å². The predicted octanol–water partition coefficient (Wildman–Crippen LogP) is 5.23. The lowest BCUT2D eigenvalue weighted by atomic mass is 9.51. The van der Waals surface area contributed by atoms with Crippen LogP contribution in [0.5, 0.6) is 5.75 Å². The van der Waals surface area contributed by atoms with E-state index in [2.05, 4.69) is 26.8 Å². The SMILES string of the molecule is CC[C@@]12CCc3cc(O)ccc3[C@H]1CC(=O)C[C@@H]2CCC(C)C. The number of phenolic OH excluding ortho intramolecular Hbond substituents is 1. The van der Waals surface area contributed by atoms with E-state index in [4.69, 9.17) is 0 Å². The number of carbonyl (C=O) groups excluding carboxylic acids is 1. The molecule has 1 fully saturated rings. The van der Waals surface area contributed by atoms with Gasteiger partial charge in [0.05, 0.1) is 0 Å². The minimum absolute atomic E-state index is 0.284. The maximum Gasteiger partial charge on any atom is 0.133 e. The summed E-state index contributed by atoms with van der Waals surface area (Å²) in [6, 6.07) is 5.79. The lowest BCUT2D eigenvalue weighted by Gasteiger charge is -2.53. The molecule has 126 valence electrons. The molecule has 1 saturated carbocycles. The Bertz CT molecular complexity index is 590. The van der Waals surface area contributed by atoms with Crippen LogP contribution in [-0.4, -0.2) is 10.9 Å². The smallest absolute Gasteiger partial charge is 0.133 e. The molecule has 1 N–H and O–H groups in total. The molecule has 0 bridgehead atoms. The van der Waals surface area contributed by atoms with Crippen LogP contribution >= 0.6 is 0 Å². The Hall–Kier alpha value is -1.31. The number of carbonyl (C=O) groups is 1. The molecule has 0 aromatic heterocycles. The molecule has 2 nitrogen and oxygen atoms in total. The van der Waals surface area contributed by atoms with E-state index >= 15 is 0 Å². The number of hydrogen-bond donors (Lipinski definition) is 1. The lowest BCUT2D eigenvalue weighted by molar-refractivity contribution is -0.127. The molecule has 0 unspecified atom stereocenters. The van der Waals surface area contributed by atoms with Crippen molar-refractivity contribution < 1.29 is 9.90 Å². The van der Waals surface area contributed by atoms with Crippen LogP contribution in [0.3, 0.4) is 0 Å². The highest BCUT2D eigenvalue weighted by Crippen LogP contribution is 2.59. The Morgan fingerprint density at radius 2 is 2.09 bits per heavy atom. The highest BCUT2D eigenvalue weighted by Gasteiger charge is 2.50. The standard InChI is InChI=1S/C21H30O2/c1-4-21-10-9-15-11-17(22)7-8-19(15)20(21)13-18(23)12-16(21)6-5-14(2)3/h7-8,11,14,16,20,22H,4-6,9-10,12-13H2,1-3H3/t16-,20+,21-/m0/s1. The first kappa shape index (κ1) is 16.5. The summed E-state index contributed by atoms with van der Waals surface area (Å²) in [5, 5.41) is 9.79. The van der Waals surface area contributed by atoms with Gasteiger partial charge in [-0.15, -0.1) is 0 Å². The van der Waals surface area contributed by atoms with Gasteiger partial charge in [0.25, 0.3) is 0 Å². The van der Waals surface area contributed by atoms with Gasteiger partial charge in [0.1, 0.15) is 11.5 Å². The van der Waals surface area contributed by atoms with E-state index in [1.807, 2.05) is 6.07 Å². The first-order valence-corrected chi connectivity index (χ1v) is 9.29. The topological polar surface area (TPSA) is 37.3 Å². The zero-order valence-corrected chi connectivity index (χ0v) is 14.8. The first-order chi connectivity index (χ1) is 11.0. The van der Waals surface area contributed by atoms with Gasteiger partial charge in [-0.1, -0.05) is 33.3 Å². The van der Waals surface area contributed by atoms with Gasteiger partial charge in [0.2, 0.25) is 0 Å². The van der Waals surface area contributed by atoms with Crippen molar-refractivity contribution in [2.45, 2.75) is 71.6 Å². The zero-order chi connectivity index (χ0) is 16.6. The fraction of sp³-hybridized carbons (Fsp3) is 0.667. The largest absolute Gasteiger partial charge is 0.508 e. The maximum atomic E-state index is 12.5. The second kappa shape index (κ2) is 6.30. The summed E-state index contributed by atoms with van der Waals surface area (Å²) in [6.45, 7) is 6.87. The second-order valence-electron chi connectivity index (χ2n) is 8.14. The van der Waals surface area contributed by atoms with E-state index < -0.39 is 0 Å². The summed E-state index contributed by atoms with van der Waals surface area (Å²) in [5.41, 5.74) is 2.88. The molecular weight excluding hydrogens is 284 g/mol. The van der Waals surface area contributed by atoms with Gasteiger partial charge in [0.15, 0.2) is 0 Å². The van der Waals surface area contributed by atoms with Crippen molar-refractivity contribution in [3.8, 4) is 5.75 Å². The number of hydrogen-bond acceptors (Lipinski definition) is 2. The molecule has 0 radical (unpaired) electrons. The van der Waals surface area contributed by atoms with Gasteiger partial charge >= 0.3 is 0 Å². The van der Waals surface area contributed by atoms with Crippen LogP contribution in [0.2, 0.25) is 0 Å². The van der Waals surface area contributed by atoms with Crippen molar-refractivity contribution in [3.63, 3.8) is 0 Å². The normalized spacial score (nSPS) is 30.2. The minimum atomic E-state index is 0.284. The quantitative estimate of drug-likeness (QED) is 0.826. The molecular formula is C21H30O2. The van der Waals surface area contributed by atoms with Crippen LogP contribution < -0.4 is 0 Å². The molecule has 0 aliphatic heterocycles. The Labute approximate surface area is 140 Å². The Balaban J connectivity index is 1.98. The van der Waals surface area contributed by atoms with Crippen LogP contribution in [0.25, 0.3) is 0 Å². The molecule has 1 aromatic rings. The number of ketones is 1. The Morgan fingerprint density at radius 3 is 2.78 bits per heavy atom. The van der Waals surface area contributed by atoms with E-state index in [9.17, 15) is 9.90 Å². The fourth-order valence-electron chi connectivity index (χ4n) is 5.23. The van der Waals surface area contributed by atoms with Gasteiger partial charge in [-0.05, 0) is 72.1 Å². The molecule has 0 amide bonds. The van der Waals surface area contributed by atoms with Crippen molar-refractivity contribution in [2.24, 2.45) is 17.3 Å². The number of fused-ring (bicyclic) bond motifs is 3. The maximum absolute atomic E-state index is 12.5. The van der Waals surface area contributed by atoms with Crippen molar-refractivity contribution in [2.75, 3.05) is 0 Å². The van der Waals surface area contributed by atoms with Crippen LogP contribution in [0.4, 0.5) is 0 Å². The van der Waals surface area contributed by atoms with Gasteiger partial charge < -0.3 is 5.11 Å². The molecule has 0 saturated heterocycles. The number of benzene rings is 1. The zero-order valence-electron chi connectivity index (χ0n) is 14.8. The van der Waals surface area contributed by atoms with Gasteiger partial charge in [0, 0.05) is 12.8 Å². The molecule has 2 aliphatic rings. The first-order valence-electron chi connectivity index (χ1n) is 9.29. The van der Waals surface area contributed by atoms with E-state index in [0.717, 1.165) is 19.3 Å². The molecule has 23 heavy (non-hydrogen) atoms. The fourth-order valence-corrected chi connectivity index (χ4v) is 5.23. The number of phenols is 1. The van der Waals surface area contributed by atoms with E-state index in [1.165, 1.54) is 30.4 Å². The number of rotatable bonds is 4. The summed E-state index contributed by atoms with van der Waals surface area (Å²) in [7, 11) is 0. The Kier molecular flexibility index (Phi) is 4.53. The highest BCUT2D eigenvalue weighted by atomic mass is 16.3. The van der Waals surface area contributed by atoms with Crippen molar-refractivity contribution in [1.82, 2.24) is 0 Å². The number of Topliss-reactive ketones (excluding diaryl/α,β-unsaturated/α-hetero) is 1. The third kappa shape index (κ3) is 2.93. The molecule has 3 rings (SSSR count). The monoisotopic (exact) mass is 314 g/mol. The molecule has 0 heterocycles. The van der Waals surface area contributed by atoms with Gasteiger partial charge in [-0.2, -0.15) is 0 Å². The van der Waals surface area contributed by atoms with Crippen LogP contribution in [-0.2, 0) is 11.2 Å². The molecule has 3 atom stereocenters. The van der Waals surface area contributed by atoms with Gasteiger partial charge in [-0.3, -0.25) is 4.79 Å². The highest BCUT2D eigenvalue weighted by molar-refractivity contribution is 5.81. The van der Waals surface area contributed by atoms with Crippen LogP contribution in [0, 0.1) is 17.3 Å². The summed E-state index contributed by atoms with van der Waals surface area (Å²) in [5.74, 6) is 2.38. The summed E-state index contributed by atoms with van der Waals surface area (Å²) in [4.78, 5) is 12.5. The van der Waals surface area contributed by atoms with Crippen molar-refractivity contribution >= 4 is 5.78 Å². The second-order valence-corrected chi connectivity index (χ2v) is 8.14. The lowest BCUT2D eigenvalue weighted by Crippen LogP contribution is -2.45. The third-order valence-corrected chi connectivity index (χ3v) is 6.53. The van der Waals surface area contributed by atoms with Crippen molar-refractivity contribution in [1.29, 1.82) is 0 Å². The van der Waals surface area contributed by atoms with E-state index in [1.54, 1.807) is 6.07 Å². The van der Waals surface area contributed by atoms with Crippen LogP contribution in [0.1, 0.15) is 76.3 Å². The molecule has 2 aliphatic carbocycles. The van der Waals surface area contributed by atoms with Crippen LogP contribution in [0.15, 0.2) is 18.2 Å². The minimum Gasteiger partial charge on any atom is -0.508 e. The average molecular weight is 314 g/mol.